The van der Waals surface area contributed by atoms with Crippen LogP contribution in [-0.4, -0.2) is 82.5 Å². The first-order valence-electron chi connectivity index (χ1n) is 11.2. The van der Waals surface area contributed by atoms with Gasteiger partial charge in [0.25, 0.3) is 0 Å². The molecule has 12 atom stereocenters. The fourth-order valence-corrected chi connectivity index (χ4v) is 4.77. The van der Waals surface area contributed by atoms with Crippen LogP contribution in [0.2, 0.25) is 0 Å². The maximum absolute atomic E-state index is 11.1. The Morgan fingerprint density at radius 3 is 2.17 bits per heavy atom. The second-order valence-electron chi connectivity index (χ2n) is 8.70. The van der Waals surface area contributed by atoms with Gasteiger partial charge in [0.05, 0.1) is 36.5 Å². The van der Waals surface area contributed by atoms with Crippen molar-refractivity contribution in [3.05, 3.63) is 67.2 Å². The van der Waals surface area contributed by atoms with E-state index in [0.717, 1.165) is 5.56 Å². The van der Waals surface area contributed by atoms with E-state index in [2.05, 4.69) is 30.1 Å². The minimum atomic E-state index is -1.64. The average molecular weight is 503 g/mol. The van der Waals surface area contributed by atoms with Crippen molar-refractivity contribution < 1.29 is 34.3 Å². The van der Waals surface area contributed by atoms with Gasteiger partial charge in [0.1, 0.15) is 24.4 Å². The molecule has 1 aromatic carbocycles. The number of hydrogen-bond donors (Lipinski definition) is 3. The Bertz CT molecular complexity index is 1060. The van der Waals surface area contributed by atoms with Gasteiger partial charge in [0.2, 0.25) is 0 Å². The van der Waals surface area contributed by atoms with E-state index in [0.29, 0.717) is 0 Å². The monoisotopic (exact) mass is 503 g/mol. The van der Waals surface area contributed by atoms with E-state index in [1.165, 1.54) is 0 Å². The van der Waals surface area contributed by atoms with Crippen molar-refractivity contribution in [3.8, 4) is 0 Å². The first kappa shape index (κ1) is 25.9. The predicted molar refractivity (Wildman–Crippen MR) is 120 cm³/mol. The number of benzene rings is 1. The van der Waals surface area contributed by atoms with Crippen molar-refractivity contribution in [1.82, 2.24) is 0 Å². The Morgan fingerprint density at radius 2 is 1.50 bits per heavy atom. The third-order valence-corrected chi connectivity index (χ3v) is 6.55. The molecule has 4 rings (SSSR count). The molecule has 3 aliphatic rings. The highest BCUT2D eigenvalue weighted by atomic mass is 16.8. The van der Waals surface area contributed by atoms with Gasteiger partial charge in [0.15, 0.2) is 12.6 Å². The zero-order valence-corrected chi connectivity index (χ0v) is 19.0. The number of nitrogens with zero attached hydrogens (tertiary/aromatic N) is 9. The van der Waals surface area contributed by atoms with Crippen LogP contribution in [0.25, 0.3) is 31.3 Å². The Hall–Kier alpha value is -3.13. The summed E-state index contributed by atoms with van der Waals surface area (Å²) in [7, 11) is 0. The summed E-state index contributed by atoms with van der Waals surface area (Å²) in [6.45, 7) is 1.72. The van der Waals surface area contributed by atoms with Crippen LogP contribution in [0.4, 0.5) is 0 Å². The summed E-state index contributed by atoms with van der Waals surface area (Å²) in [5.74, 6) is 0. The molecule has 0 spiro atoms. The lowest BCUT2D eigenvalue weighted by atomic mass is 9.84. The topological polar surface area (TPSA) is 244 Å². The van der Waals surface area contributed by atoms with Crippen LogP contribution in [0.15, 0.2) is 45.7 Å². The zero-order valence-electron chi connectivity index (χ0n) is 19.0. The average Bonchev–Trinajstić information content (AvgIpc) is 2.88. The number of aliphatic hydroxyl groups is 3. The van der Waals surface area contributed by atoms with E-state index >= 15 is 0 Å². The molecule has 1 aliphatic carbocycles. The van der Waals surface area contributed by atoms with Gasteiger partial charge in [-0.25, -0.2) is 0 Å². The fraction of sp³-hybridized carbons (Fsp3) is 0.700. The Kier molecular flexibility index (Phi) is 8.14. The van der Waals surface area contributed by atoms with Gasteiger partial charge in [-0.15, -0.1) is 0 Å². The number of azide groups is 3. The second kappa shape index (κ2) is 11.3. The largest absolute Gasteiger partial charge is 0.390 e. The molecule has 192 valence electrons. The highest BCUT2D eigenvalue weighted by molar-refractivity contribution is 5.17. The van der Waals surface area contributed by atoms with Crippen molar-refractivity contribution in [1.29, 1.82) is 0 Å². The molecule has 3 fully saturated rings. The summed E-state index contributed by atoms with van der Waals surface area (Å²) < 4.78 is 23.8. The first-order valence-corrected chi connectivity index (χ1v) is 11.2. The number of ether oxygens (including phenoxy) is 4. The molecule has 1 aromatic rings. The maximum Gasteiger partial charge on any atom is 0.184 e. The van der Waals surface area contributed by atoms with Crippen LogP contribution in [-0.2, 0) is 18.9 Å². The van der Waals surface area contributed by atoms with Crippen LogP contribution in [0, 0.1) is 0 Å². The Balaban J connectivity index is 1.58. The molecule has 3 N–H and O–H groups in total. The number of hydrogen-bond acceptors (Lipinski definition) is 10. The molecule has 1 saturated carbocycles. The maximum atomic E-state index is 11.1. The number of aliphatic hydroxyl groups excluding tert-OH is 3. The molecule has 16 nitrogen and oxygen atoms in total. The van der Waals surface area contributed by atoms with Gasteiger partial charge >= 0.3 is 0 Å². The summed E-state index contributed by atoms with van der Waals surface area (Å²) in [6.07, 6.45) is -10.6. The van der Waals surface area contributed by atoms with Crippen LogP contribution in [0.1, 0.15) is 25.2 Å². The minimum absolute atomic E-state index is 0.119. The predicted octanol–water partition coefficient (Wildman–Crippen LogP) is 2.12. The lowest BCUT2D eigenvalue weighted by Gasteiger charge is -2.50. The van der Waals surface area contributed by atoms with Crippen LogP contribution < -0.4 is 0 Å². The molecule has 2 aliphatic heterocycles. The molecule has 6 unspecified atom stereocenters. The standard InChI is InChI=1S/C20H25N9O7/c1-8-16-18(36-19(33-8)9-5-3-2-4-6-9)14(31)12(26-29-23)20(34-16)35-17-11(25-28-22)7-10(24-27-21)13(30)15(17)32/h2-6,8,10-20,30-32H,7H2,1H3/t8?,10-,11?,12?,13?,14-,15-,16?,17+,18-,19?,20+/m1/s1. The van der Waals surface area contributed by atoms with Gasteiger partial charge in [-0.05, 0) is 29.9 Å². The molecular formula is C20H25N9O7. The van der Waals surface area contributed by atoms with Crippen molar-refractivity contribution in [2.24, 2.45) is 15.3 Å². The normalized spacial score (nSPS) is 42.1. The lowest BCUT2D eigenvalue weighted by molar-refractivity contribution is -0.368. The molecule has 0 aromatic heterocycles. The van der Waals surface area contributed by atoms with E-state index in [9.17, 15) is 15.3 Å². The third kappa shape index (κ3) is 5.05. The summed E-state index contributed by atoms with van der Waals surface area (Å²) in [6, 6.07) is 5.64. The van der Waals surface area contributed by atoms with Crippen LogP contribution in [0.3, 0.4) is 0 Å². The molecule has 2 heterocycles. The number of rotatable bonds is 6. The van der Waals surface area contributed by atoms with Crippen molar-refractivity contribution >= 4 is 0 Å². The summed E-state index contributed by atoms with van der Waals surface area (Å²) >= 11 is 0. The minimum Gasteiger partial charge on any atom is -0.390 e. The van der Waals surface area contributed by atoms with Gasteiger partial charge in [-0.2, -0.15) is 0 Å². The first-order chi connectivity index (χ1) is 17.4. The molecule has 0 bridgehead atoms. The smallest absolute Gasteiger partial charge is 0.184 e. The van der Waals surface area contributed by atoms with Crippen molar-refractivity contribution in [2.75, 3.05) is 0 Å². The molecule has 36 heavy (non-hydrogen) atoms. The summed E-state index contributed by atoms with van der Waals surface area (Å²) in [5.41, 5.74) is 27.6. The van der Waals surface area contributed by atoms with Crippen LogP contribution >= 0.6 is 0 Å². The molecular weight excluding hydrogens is 478 g/mol. The zero-order chi connectivity index (χ0) is 25.8. The van der Waals surface area contributed by atoms with Crippen molar-refractivity contribution in [2.45, 2.75) is 86.8 Å². The van der Waals surface area contributed by atoms with Crippen molar-refractivity contribution in [3.63, 3.8) is 0 Å². The Morgan fingerprint density at radius 1 is 0.833 bits per heavy atom. The molecule has 0 amide bonds. The van der Waals surface area contributed by atoms with Gasteiger partial charge < -0.3 is 34.3 Å². The third-order valence-electron chi connectivity index (χ3n) is 6.55. The highest BCUT2D eigenvalue weighted by Crippen LogP contribution is 2.39. The second-order valence-corrected chi connectivity index (χ2v) is 8.70. The van der Waals surface area contributed by atoms with Gasteiger partial charge in [0, 0.05) is 20.3 Å². The summed E-state index contributed by atoms with van der Waals surface area (Å²) in [5, 5.41) is 42.9. The van der Waals surface area contributed by atoms with E-state index in [1.54, 1.807) is 19.1 Å². The Labute approximate surface area is 204 Å². The SMILES string of the molecule is CC1OC(c2ccccc2)O[C@H]2C1O[C@@H](O[C@H]1C(N=[N+]=[N-])C[C@@H](N=[N+]=[N-])C(O)[C@H]1O)C(N=[N+]=[N-])[C@H]2O. The quantitative estimate of drug-likeness (QED) is 0.296. The highest BCUT2D eigenvalue weighted by Gasteiger charge is 2.54. The van der Waals surface area contributed by atoms with E-state index in [4.69, 9.17) is 35.5 Å². The molecule has 2 saturated heterocycles. The van der Waals surface area contributed by atoms with E-state index in [-0.39, 0.29) is 6.42 Å². The number of fused-ring (bicyclic) bond motifs is 1. The molecule has 0 radical (unpaired) electrons. The van der Waals surface area contributed by atoms with E-state index in [1.807, 2.05) is 18.2 Å². The van der Waals surface area contributed by atoms with Gasteiger partial charge in [-0.3, -0.25) is 0 Å². The molecule has 16 heteroatoms. The van der Waals surface area contributed by atoms with Gasteiger partial charge in [-0.1, -0.05) is 45.7 Å². The van der Waals surface area contributed by atoms with Crippen LogP contribution in [0.5, 0.6) is 0 Å². The fourth-order valence-electron chi connectivity index (χ4n) is 4.77. The summed E-state index contributed by atoms with van der Waals surface area (Å²) in [4.78, 5) is 8.17. The van der Waals surface area contributed by atoms with E-state index < -0.39 is 73.4 Å². The lowest BCUT2D eigenvalue weighted by Crippen LogP contribution is -2.65.